The first-order valence-corrected chi connectivity index (χ1v) is 11.5. The molecule has 8 nitrogen and oxygen atoms in total. The summed E-state index contributed by atoms with van der Waals surface area (Å²) in [5.74, 6) is 3.23. The Bertz CT molecular complexity index is 1360. The molecule has 170 valence electrons. The topological polar surface area (TPSA) is 89.8 Å². The molecule has 1 atom stereocenters. The van der Waals surface area contributed by atoms with E-state index in [4.69, 9.17) is 14.7 Å². The zero-order valence-corrected chi connectivity index (χ0v) is 18.9. The zero-order valence-electron chi connectivity index (χ0n) is 18.9. The summed E-state index contributed by atoms with van der Waals surface area (Å²) in [6.45, 7) is 3.03. The van der Waals surface area contributed by atoms with Gasteiger partial charge in [-0.2, -0.15) is 10.1 Å². The van der Waals surface area contributed by atoms with Crippen molar-refractivity contribution in [1.82, 2.24) is 24.7 Å². The van der Waals surface area contributed by atoms with Crippen molar-refractivity contribution in [1.29, 1.82) is 0 Å². The SMILES string of the molecule is Cc1ncnn1-c1ccc2cc1OCC=CCNc1nc(nc3c1CCC3c1ccccc1)N2. The number of ether oxygens (including phenoxy) is 1. The van der Waals surface area contributed by atoms with E-state index in [1.54, 1.807) is 11.0 Å². The Morgan fingerprint density at radius 3 is 2.82 bits per heavy atom. The van der Waals surface area contributed by atoms with E-state index in [1.165, 1.54) is 11.1 Å². The minimum absolute atomic E-state index is 0.267. The van der Waals surface area contributed by atoms with Gasteiger partial charge in [0.05, 0.1) is 5.69 Å². The lowest BCUT2D eigenvalue weighted by molar-refractivity contribution is 0.360. The highest BCUT2D eigenvalue weighted by Gasteiger charge is 2.29. The van der Waals surface area contributed by atoms with E-state index in [1.807, 2.05) is 31.2 Å². The summed E-state index contributed by atoms with van der Waals surface area (Å²) in [6, 6.07) is 16.5. The number of hydrogen-bond donors (Lipinski definition) is 2. The van der Waals surface area contributed by atoms with Crippen LogP contribution in [0.15, 0.2) is 67.0 Å². The molecule has 0 saturated heterocycles. The molecule has 0 fully saturated rings. The number of fused-ring (bicyclic) bond motifs is 6. The van der Waals surface area contributed by atoms with Crippen LogP contribution in [0, 0.1) is 6.92 Å². The molecule has 1 aliphatic heterocycles. The molecule has 4 bridgehead atoms. The van der Waals surface area contributed by atoms with Gasteiger partial charge in [0, 0.05) is 29.8 Å². The Hall–Kier alpha value is -4.20. The molecule has 3 heterocycles. The van der Waals surface area contributed by atoms with E-state index in [0.717, 1.165) is 41.6 Å². The van der Waals surface area contributed by atoms with Crippen molar-refractivity contribution in [3.8, 4) is 11.4 Å². The fourth-order valence-corrected chi connectivity index (χ4v) is 4.67. The summed E-state index contributed by atoms with van der Waals surface area (Å²) in [5.41, 5.74) is 5.27. The summed E-state index contributed by atoms with van der Waals surface area (Å²) in [7, 11) is 0. The molecule has 34 heavy (non-hydrogen) atoms. The van der Waals surface area contributed by atoms with Crippen LogP contribution in [0.1, 0.15) is 35.0 Å². The highest BCUT2D eigenvalue weighted by molar-refractivity contribution is 5.64. The van der Waals surface area contributed by atoms with Crippen molar-refractivity contribution in [3.63, 3.8) is 0 Å². The Balaban J connectivity index is 1.42. The molecular formula is C26H25N7O. The van der Waals surface area contributed by atoms with Crippen molar-refractivity contribution in [2.45, 2.75) is 25.7 Å². The summed E-state index contributed by atoms with van der Waals surface area (Å²) in [6.07, 6.45) is 7.61. The highest BCUT2D eigenvalue weighted by atomic mass is 16.5. The number of anilines is 3. The summed E-state index contributed by atoms with van der Waals surface area (Å²) < 4.78 is 7.87. The number of aryl methyl sites for hydroxylation is 1. The molecule has 2 aromatic heterocycles. The fourth-order valence-electron chi connectivity index (χ4n) is 4.67. The summed E-state index contributed by atoms with van der Waals surface area (Å²) in [5, 5.41) is 11.2. The van der Waals surface area contributed by atoms with Gasteiger partial charge in [0.1, 0.15) is 36.0 Å². The van der Waals surface area contributed by atoms with Crippen LogP contribution in [0.4, 0.5) is 17.5 Å². The van der Waals surface area contributed by atoms with Gasteiger partial charge in [0.25, 0.3) is 0 Å². The Morgan fingerprint density at radius 2 is 1.97 bits per heavy atom. The van der Waals surface area contributed by atoms with Crippen LogP contribution in [0.3, 0.4) is 0 Å². The van der Waals surface area contributed by atoms with Crippen molar-refractivity contribution in [2.75, 3.05) is 23.8 Å². The van der Waals surface area contributed by atoms with Crippen molar-refractivity contribution < 1.29 is 4.74 Å². The third-order valence-electron chi connectivity index (χ3n) is 6.31. The number of nitrogens with one attached hydrogen (secondary N) is 2. The largest absolute Gasteiger partial charge is 0.487 e. The van der Waals surface area contributed by atoms with E-state index >= 15 is 0 Å². The van der Waals surface area contributed by atoms with E-state index in [-0.39, 0.29) is 5.92 Å². The van der Waals surface area contributed by atoms with Crippen molar-refractivity contribution >= 4 is 17.5 Å². The fraction of sp³-hybridized carbons (Fsp3) is 0.231. The quantitative estimate of drug-likeness (QED) is 0.432. The first-order chi connectivity index (χ1) is 16.8. The predicted molar refractivity (Wildman–Crippen MR) is 131 cm³/mol. The lowest BCUT2D eigenvalue weighted by Crippen LogP contribution is -2.10. The van der Waals surface area contributed by atoms with Crippen LogP contribution in [0.25, 0.3) is 5.69 Å². The summed E-state index contributed by atoms with van der Waals surface area (Å²) in [4.78, 5) is 14.1. The second-order valence-electron chi connectivity index (χ2n) is 8.45. The van der Waals surface area contributed by atoms with Crippen molar-refractivity contribution in [2.24, 2.45) is 0 Å². The van der Waals surface area contributed by atoms with Gasteiger partial charge in [-0.15, -0.1) is 0 Å². The standard InChI is InChI=1S/C26H25N7O/c1-17-28-16-29-33(17)22-12-9-19-15-23(22)34-14-6-5-13-27-25-21-11-10-20(18-7-3-2-4-8-18)24(21)31-26(30-19)32-25/h2-9,12,15-16,20H,10-11,13-14H2,1H3,(H2,27,30,31,32). The van der Waals surface area contributed by atoms with Gasteiger partial charge in [0.2, 0.25) is 5.95 Å². The number of rotatable bonds is 2. The van der Waals surface area contributed by atoms with Crippen LogP contribution in [0.2, 0.25) is 0 Å². The third-order valence-corrected chi connectivity index (χ3v) is 6.31. The van der Waals surface area contributed by atoms with Gasteiger partial charge < -0.3 is 15.4 Å². The van der Waals surface area contributed by atoms with Crippen LogP contribution < -0.4 is 15.4 Å². The van der Waals surface area contributed by atoms with Gasteiger partial charge in [0.15, 0.2) is 0 Å². The minimum Gasteiger partial charge on any atom is -0.487 e. The lowest BCUT2D eigenvalue weighted by atomic mass is 9.97. The molecular weight excluding hydrogens is 426 g/mol. The van der Waals surface area contributed by atoms with Gasteiger partial charge in [-0.05, 0) is 43.5 Å². The van der Waals surface area contributed by atoms with Crippen molar-refractivity contribution in [3.05, 3.63) is 89.7 Å². The van der Waals surface area contributed by atoms with Gasteiger partial charge in [-0.1, -0.05) is 36.4 Å². The Kier molecular flexibility index (Phi) is 5.18. The van der Waals surface area contributed by atoms with E-state index in [0.29, 0.717) is 24.8 Å². The molecule has 4 aromatic rings. The molecule has 2 aliphatic rings. The molecule has 0 amide bonds. The van der Waals surface area contributed by atoms with Gasteiger partial charge >= 0.3 is 0 Å². The van der Waals surface area contributed by atoms with E-state index < -0.39 is 0 Å². The highest BCUT2D eigenvalue weighted by Crippen LogP contribution is 2.40. The molecule has 6 rings (SSSR count). The summed E-state index contributed by atoms with van der Waals surface area (Å²) >= 11 is 0. The maximum absolute atomic E-state index is 6.10. The first kappa shape index (κ1) is 20.4. The average Bonchev–Trinajstić information content (AvgIpc) is 3.48. The van der Waals surface area contributed by atoms with E-state index in [9.17, 15) is 0 Å². The van der Waals surface area contributed by atoms with E-state index in [2.05, 4.69) is 57.1 Å². The number of aromatic nitrogens is 5. The zero-order chi connectivity index (χ0) is 22.9. The normalized spacial score (nSPS) is 16.8. The Morgan fingerprint density at radius 1 is 1.06 bits per heavy atom. The van der Waals surface area contributed by atoms with Crippen LogP contribution in [-0.2, 0) is 6.42 Å². The number of nitrogens with zero attached hydrogens (tertiary/aromatic N) is 5. The lowest BCUT2D eigenvalue weighted by Gasteiger charge is -2.16. The van der Waals surface area contributed by atoms with Crippen LogP contribution in [0.5, 0.6) is 5.75 Å². The predicted octanol–water partition coefficient (Wildman–Crippen LogP) is 4.55. The maximum Gasteiger partial charge on any atom is 0.229 e. The molecule has 1 aliphatic carbocycles. The number of benzene rings is 2. The second kappa shape index (κ2) is 8.62. The third kappa shape index (κ3) is 3.77. The monoisotopic (exact) mass is 451 g/mol. The smallest absolute Gasteiger partial charge is 0.229 e. The Labute approximate surface area is 197 Å². The molecule has 2 aromatic carbocycles. The first-order valence-electron chi connectivity index (χ1n) is 11.5. The van der Waals surface area contributed by atoms with Gasteiger partial charge in [-0.3, -0.25) is 0 Å². The molecule has 0 radical (unpaired) electrons. The van der Waals surface area contributed by atoms with Gasteiger partial charge in [-0.25, -0.2) is 14.6 Å². The molecule has 8 heteroatoms. The molecule has 2 N–H and O–H groups in total. The molecule has 1 unspecified atom stereocenters. The average molecular weight is 452 g/mol. The van der Waals surface area contributed by atoms with Crippen LogP contribution >= 0.6 is 0 Å². The van der Waals surface area contributed by atoms with Crippen LogP contribution in [-0.4, -0.2) is 37.9 Å². The number of hydrogen-bond acceptors (Lipinski definition) is 7. The molecule has 0 saturated carbocycles. The maximum atomic E-state index is 6.10. The minimum atomic E-state index is 0.267. The molecule has 0 spiro atoms. The second-order valence-corrected chi connectivity index (χ2v) is 8.45.